The van der Waals surface area contributed by atoms with E-state index in [0.29, 0.717) is 24.2 Å². The Morgan fingerprint density at radius 2 is 2.27 bits per heavy atom. The van der Waals surface area contributed by atoms with E-state index in [1.54, 1.807) is 6.08 Å². The summed E-state index contributed by atoms with van der Waals surface area (Å²) in [6.45, 7) is 0.614. The summed E-state index contributed by atoms with van der Waals surface area (Å²) >= 11 is 0. The molecule has 4 atom stereocenters. The molecule has 114 valence electrons. The molecular formula is C17H17NO4. The maximum atomic E-state index is 12.5. The van der Waals surface area contributed by atoms with Crippen LogP contribution in [-0.2, 0) is 23.2 Å². The number of piperidine rings is 1. The monoisotopic (exact) mass is 299 g/mol. The third-order valence-electron chi connectivity index (χ3n) is 5.97. The van der Waals surface area contributed by atoms with Crippen molar-refractivity contribution in [3.05, 3.63) is 41.0 Å². The lowest BCUT2D eigenvalue weighted by atomic mass is 9.51. The molecule has 5 nitrogen and oxygen atoms in total. The molecule has 2 aliphatic heterocycles. The van der Waals surface area contributed by atoms with Crippen molar-refractivity contribution in [3.8, 4) is 5.75 Å². The lowest BCUT2D eigenvalue weighted by Gasteiger charge is -2.57. The zero-order valence-electron chi connectivity index (χ0n) is 12.0. The van der Waals surface area contributed by atoms with Gasteiger partial charge in [-0.2, -0.15) is 0 Å². The van der Waals surface area contributed by atoms with Gasteiger partial charge in [-0.05, 0) is 37.1 Å². The van der Waals surface area contributed by atoms with Crippen LogP contribution in [0.2, 0.25) is 0 Å². The van der Waals surface area contributed by atoms with Gasteiger partial charge in [0.1, 0.15) is 11.4 Å². The number of nitrogens with one attached hydrogen (secondary N) is 1. The summed E-state index contributed by atoms with van der Waals surface area (Å²) < 4.78 is 6.03. The number of carbonyl (C=O) groups excluding carboxylic acids is 1. The second-order valence-corrected chi connectivity index (χ2v) is 6.74. The summed E-state index contributed by atoms with van der Waals surface area (Å²) in [6, 6.07) is 3.75. The highest BCUT2D eigenvalue weighted by Gasteiger charge is 2.70. The fraction of sp³-hybridized carbons (Fsp3) is 0.471. The van der Waals surface area contributed by atoms with E-state index in [1.807, 2.05) is 12.1 Å². The van der Waals surface area contributed by atoms with Crippen molar-refractivity contribution in [2.24, 2.45) is 0 Å². The number of hydrogen-bond acceptors (Lipinski definition) is 5. The van der Waals surface area contributed by atoms with Gasteiger partial charge in [0, 0.05) is 17.2 Å². The van der Waals surface area contributed by atoms with Crippen LogP contribution in [0.1, 0.15) is 23.1 Å². The molecule has 5 heteroatoms. The van der Waals surface area contributed by atoms with Crippen LogP contribution in [0.5, 0.6) is 5.75 Å². The normalized spacial score (nSPS) is 40.4. The standard InChI is InChI=1S/C17H17NO4/c19-8-10-2-1-9-7-12-17(21)4-3-11(20)15-16(17,5-6-18-12)13(9)14(10)22-15/h1-4,12,15,18-19,21H,5-8H2/t12-,15+,16+,17-/m1/s1. The zero-order chi connectivity index (χ0) is 15.1. The van der Waals surface area contributed by atoms with Crippen molar-refractivity contribution in [1.82, 2.24) is 5.32 Å². The summed E-state index contributed by atoms with van der Waals surface area (Å²) in [5.41, 5.74) is 0.912. The van der Waals surface area contributed by atoms with Crippen LogP contribution in [0.3, 0.4) is 0 Å². The average molecular weight is 299 g/mol. The van der Waals surface area contributed by atoms with Gasteiger partial charge in [-0.3, -0.25) is 4.79 Å². The molecule has 0 amide bonds. The molecule has 0 unspecified atom stereocenters. The van der Waals surface area contributed by atoms with E-state index in [-0.39, 0.29) is 18.4 Å². The first kappa shape index (κ1) is 12.8. The van der Waals surface area contributed by atoms with Crippen LogP contribution in [0.25, 0.3) is 0 Å². The lowest BCUT2D eigenvalue weighted by Crippen LogP contribution is -2.74. The molecule has 1 aromatic rings. The van der Waals surface area contributed by atoms with Gasteiger partial charge < -0.3 is 20.3 Å². The Morgan fingerprint density at radius 1 is 1.41 bits per heavy atom. The second-order valence-electron chi connectivity index (χ2n) is 6.74. The molecule has 1 fully saturated rings. The van der Waals surface area contributed by atoms with Gasteiger partial charge in [0.2, 0.25) is 0 Å². The van der Waals surface area contributed by atoms with Gasteiger partial charge in [-0.15, -0.1) is 0 Å². The van der Waals surface area contributed by atoms with Crippen molar-refractivity contribution in [1.29, 1.82) is 0 Å². The number of carbonyl (C=O) groups is 1. The van der Waals surface area contributed by atoms with Gasteiger partial charge in [0.25, 0.3) is 0 Å². The Morgan fingerprint density at radius 3 is 3.09 bits per heavy atom. The van der Waals surface area contributed by atoms with Gasteiger partial charge in [0.05, 0.1) is 12.0 Å². The van der Waals surface area contributed by atoms with E-state index in [9.17, 15) is 15.0 Å². The van der Waals surface area contributed by atoms with Gasteiger partial charge >= 0.3 is 0 Å². The predicted octanol–water partition coefficient (Wildman–Crippen LogP) is -0.0343. The lowest BCUT2D eigenvalue weighted by molar-refractivity contribution is -0.139. The van der Waals surface area contributed by atoms with E-state index in [4.69, 9.17) is 4.74 Å². The first-order valence-corrected chi connectivity index (χ1v) is 7.73. The molecule has 1 spiro atoms. The Bertz CT molecular complexity index is 742. The van der Waals surface area contributed by atoms with Crippen molar-refractivity contribution in [2.45, 2.75) is 42.6 Å². The fourth-order valence-corrected chi connectivity index (χ4v) is 5.02. The number of ether oxygens (including phenoxy) is 1. The summed E-state index contributed by atoms with van der Waals surface area (Å²) in [6.07, 6.45) is 3.78. The Kier molecular flexibility index (Phi) is 2.21. The first-order chi connectivity index (χ1) is 10.6. The molecule has 2 aliphatic carbocycles. The quantitative estimate of drug-likeness (QED) is 0.678. The molecule has 0 saturated carbocycles. The minimum absolute atomic E-state index is 0.0988. The van der Waals surface area contributed by atoms with Crippen LogP contribution < -0.4 is 10.1 Å². The van der Waals surface area contributed by atoms with Crippen LogP contribution in [-0.4, -0.2) is 40.3 Å². The van der Waals surface area contributed by atoms with E-state index in [2.05, 4.69) is 5.32 Å². The summed E-state index contributed by atoms with van der Waals surface area (Å²) in [5.74, 6) is 0.513. The van der Waals surface area contributed by atoms with Gasteiger partial charge in [0.15, 0.2) is 11.9 Å². The molecule has 5 rings (SSSR count). The number of benzene rings is 1. The number of rotatable bonds is 1. The van der Waals surface area contributed by atoms with Crippen LogP contribution in [0.15, 0.2) is 24.3 Å². The second kappa shape index (κ2) is 3.79. The van der Waals surface area contributed by atoms with Crippen molar-refractivity contribution in [3.63, 3.8) is 0 Å². The largest absolute Gasteiger partial charge is 0.481 e. The molecular weight excluding hydrogens is 282 g/mol. The number of aliphatic hydroxyl groups is 2. The van der Waals surface area contributed by atoms with E-state index >= 15 is 0 Å². The minimum Gasteiger partial charge on any atom is -0.481 e. The maximum absolute atomic E-state index is 12.5. The Balaban J connectivity index is 1.90. The zero-order valence-corrected chi connectivity index (χ0v) is 12.0. The number of ketones is 1. The third-order valence-corrected chi connectivity index (χ3v) is 5.97. The molecule has 0 radical (unpaired) electrons. The van der Waals surface area contributed by atoms with Crippen LogP contribution >= 0.6 is 0 Å². The van der Waals surface area contributed by atoms with Crippen LogP contribution in [0, 0.1) is 0 Å². The molecule has 2 bridgehead atoms. The smallest absolute Gasteiger partial charge is 0.196 e. The predicted molar refractivity (Wildman–Crippen MR) is 77.7 cm³/mol. The fourth-order valence-electron chi connectivity index (χ4n) is 5.02. The summed E-state index contributed by atoms with van der Waals surface area (Å²) in [5, 5.41) is 24.5. The van der Waals surface area contributed by atoms with Crippen molar-refractivity contribution < 1.29 is 19.7 Å². The van der Waals surface area contributed by atoms with E-state index < -0.39 is 17.1 Å². The Hall–Kier alpha value is -1.69. The molecule has 1 saturated heterocycles. The number of aliphatic hydroxyl groups excluding tert-OH is 1. The SMILES string of the molecule is O=C1C=C[C@@]2(O)[C@H]3Cc4ccc(CO)c5c4[C@@]2(CCN3)[C@H]1O5. The Labute approximate surface area is 127 Å². The molecule has 4 aliphatic rings. The highest BCUT2D eigenvalue weighted by Crippen LogP contribution is 2.61. The molecule has 2 heterocycles. The molecule has 3 N–H and O–H groups in total. The third kappa shape index (κ3) is 1.14. The highest BCUT2D eigenvalue weighted by molar-refractivity contribution is 5.98. The van der Waals surface area contributed by atoms with Crippen molar-refractivity contribution >= 4 is 5.78 Å². The van der Waals surface area contributed by atoms with E-state index in [0.717, 1.165) is 17.7 Å². The van der Waals surface area contributed by atoms with Crippen LogP contribution in [0.4, 0.5) is 0 Å². The summed E-state index contributed by atoms with van der Waals surface area (Å²) in [7, 11) is 0. The molecule has 1 aromatic carbocycles. The summed E-state index contributed by atoms with van der Waals surface area (Å²) in [4.78, 5) is 12.5. The molecule has 0 aromatic heterocycles. The van der Waals surface area contributed by atoms with Gasteiger partial charge in [-0.1, -0.05) is 12.1 Å². The minimum atomic E-state index is -1.11. The van der Waals surface area contributed by atoms with Gasteiger partial charge in [-0.25, -0.2) is 0 Å². The maximum Gasteiger partial charge on any atom is 0.196 e. The topological polar surface area (TPSA) is 78.8 Å². The average Bonchev–Trinajstić information content (AvgIpc) is 2.85. The van der Waals surface area contributed by atoms with Crippen molar-refractivity contribution in [2.75, 3.05) is 6.54 Å². The number of hydrogen-bond donors (Lipinski definition) is 3. The first-order valence-electron chi connectivity index (χ1n) is 7.73. The molecule has 22 heavy (non-hydrogen) atoms. The highest BCUT2D eigenvalue weighted by atomic mass is 16.5. The van der Waals surface area contributed by atoms with E-state index in [1.165, 1.54) is 6.08 Å².